The average Bonchev–Trinajstić information content (AvgIpc) is 2.37. The molecule has 0 aliphatic heterocycles. The van der Waals surface area contributed by atoms with Crippen LogP contribution in [0, 0.1) is 0 Å². The van der Waals surface area contributed by atoms with Crippen LogP contribution in [0.3, 0.4) is 0 Å². The Labute approximate surface area is 119 Å². The summed E-state index contributed by atoms with van der Waals surface area (Å²) in [6.07, 6.45) is 4.28. The summed E-state index contributed by atoms with van der Waals surface area (Å²) in [6.45, 7) is 5.62. The number of hydrogen-bond donors (Lipinski definition) is 2. The molecule has 0 radical (unpaired) electrons. The molecular formula is C13H29NO4S. The van der Waals surface area contributed by atoms with E-state index >= 15 is 0 Å². The van der Waals surface area contributed by atoms with Crippen LogP contribution < -0.4 is 5.32 Å². The van der Waals surface area contributed by atoms with Crippen LogP contribution in [0.15, 0.2) is 0 Å². The number of aliphatic hydroxyl groups excluding tert-OH is 1. The van der Waals surface area contributed by atoms with Crippen molar-refractivity contribution in [1.29, 1.82) is 0 Å². The maximum absolute atomic E-state index is 10.8. The third-order valence-corrected chi connectivity index (χ3v) is 3.35. The van der Waals surface area contributed by atoms with Crippen LogP contribution in [0.4, 0.5) is 0 Å². The van der Waals surface area contributed by atoms with Gasteiger partial charge in [0.15, 0.2) is 0 Å². The highest BCUT2D eigenvalue weighted by Crippen LogP contribution is 1.89. The van der Waals surface area contributed by atoms with E-state index in [0.717, 1.165) is 32.4 Å². The zero-order valence-electron chi connectivity index (χ0n) is 12.2. The summed E-state index contributed by atoms with van der Waals surface area (Å²) in [5.41, 5.74) is 0. The van der Waals surface area contributed by atoms with E-state index < -0.39 is 16.9 Å². The maximum Gasteiger partial charge on any atom is 0.0897 e. The topological polar surface area (TPSA) is 67.8 Å². The van der Waals surface area contributed by atoms with Crippen LogP contribution in [0.5, 0.6) is 0 Å². The first-order chi connectivity index (χ1) is 9.16. The fourth-order valence-electron chi connectivity index (χ4n) is 1.41. The van der Waals surface area contributed by atoms with Crippen LogP contribution >= 0.6 is 0 Å². The fourth-order valence-corrected chi connectivity index (χ4v) is 1.96. The minimum absolute atomic E-state index is 0.323. The van der Waals surface area contributed by atoms with Gasteiger partial charge in [0.2, 0.25) is 0 Å². The Balaban J connectivity index is 3.16. The van der Waals surface area contributed by atoms with Gasteiger partial charge in [-0.25, -0.2) is 0 Å². The van der Waals surface area contributed by atoms with Crippen LogP contribution in [0.25, 0.3) is 0 Å². The van der Waals surface area contributed by atoms with Crippen molar-refractivity contribution in [3.05, 3.63) is 0 Å². The molecule has 19 heavy (non-hydrogen) atoms. The van der Waals surface area contributed by atoms with Gasteiger partial charge >= 0.3 is 0 Å². The lowest BCUT2D eigenvalue weighted by atomic mass is 10.3. The predicted octanol–water partition coefficient (Wildman–Crippen LogP) is 0.539. The second-order valence-corrected chi connectivity index (χ2v) is 6.08. The van der Waals surface area contributed by atoms with Gasteiger partial charge in [0.25, 0.3) is 0 Å². The Kier molecular flexibility index (Phi) is 14.4. The molecular weight excluding hydrogens is 266 g/mol. The third-order valence-electron chi connectivity index (χ3n) is 2.49. The van der Waals surface area contributed by atoms with E-state index in [1.165, 1.54) is 0 Å². The molecule has 0 aromatic carbocycles. The first-order valence-electron chi connectivity index (χ1n) is 7.01. The lowest BCUT2D eigenvalue weighted by Crippen LogP contribution is -2.31. The summed E-state index contributed by atoms with van der Waals surface area (Å²) in [5, 5.41) is 12.7. The lowest BCUT2D eigenvalue weighted by Gasteiger charge is -2.12. The van der Waals surface area contributed by atoms with Crippen molar-refractivity contribution in [3.8, 4) is 0 Å². The van der Waals surface area contributed by atoms with Crippen molar-refractivity contribution >= 4 is 10.8 Å². The molecule has 0 bridgehead atoms. The van der Waals surface area contributed by atoms with E-state index in [1.54, 1.807) is 6.26 Å². The number of rotatable bonds is 14. The Morgan fingerprint density at radius 1 is 1.21 bits per heavy atom. The quantitative estimate of drug-likeness (QED) is 0.458. The summed E-state index contributed by atoms with van der Waals surface area (Å²) in [6, 6.07) is 0. The van der Waals surface area contributed by atoms with E-state index in [1.807, 2.05) is 0 Å². The highest BCUT2D eigenvalue weighted by molar-refractivity contribution is 7.84. The minimum Gasteiger partial charge on any atom is -0.389 e. The second kappa shape index (κ2) is 14.4. The number of nitrogens with one attached hydrogen (secondary N) is 1. The molecule has 0 heterocycles. The normalized spacial score (nSPS) is 14.5. The molecule has 116 valence electrons. The maximum atomic E-state index is 10.8. The monoisotopic (exact) mass is 295 g/mol. The molecule has 0 saturated carbocycles. The van der Waals surface area contributed by atoms with Gasteiger partial charge in [-0.1, -0.05) is 13.3 Å². The summed E-state index contributed by atoms with van der Waals surface area (Å²) in [4.78, 5) is 0. The molecule has 0 saturated heterocycles. The van der Waals surface area contributed by atoms with Gasteiger partial charge in [0, 0.05) is 36.0 Å². The number of unbranched alkanes of at least 4 members (excludes halogenated alkanes) is 1. The van der Waals surface area contributed by atoms with E-state index in [9.17, 15) is 9.32 Å². The van der Waals surface area contributed by atoms with Gasteiger partial charge in [0.05, 0.1) is 25.9 Å². The molecule has 0 aliphatic rings. The van der Waals surface area contributed by atoms with Crippen molar-refractivity contribution in [2.75, 3.05) is 51.5 Å². The molecule has 0 spiro atoms. The first kappa shape index (κ1) is 19.0. The summed E-state index contributed by atoms with van der Waals surface area (Å²) < 4.78 is 21.5. The van der Waals surface area contributed by atoms with Crippen LogP contribution in [-0.2, 0) is 20.3 Å². The van der Waals surface area contributed by atoms with Crippen molar-refractivity contribution < 1.29 is 18.8 Å². The van der Waals surface area contributed by atoms with Crippen molar-refractivity contribution in [2.24, 2.45) is 0 Å². The van der Waals surface area contributed by atoms with Crippen LogP contribution in [0.1, 0.15) is 26.2 Å². The Hall–Kier alpha value is -0.0100. The molecule has 0 aromatic rings. The standard InChI is InChI=1S/C13H29NO4S/c1-3-4-7-17-8-9-18-12-13(15)11-14-6-5-10-19(2)16/h13-15H,3-12H2,1-2H3. The second-order valence-electron chi connectivity index (χ2n) is 4.53. The first-order valence-corrected chi connectivity index (χ1v) is 8.73. The number of ether oxygens (including phenoxy) is 2. The summed E-state index contributed by atoms with van der Waals surface area (Å²) in [5.74, 6) is 0.703. The Bertz CT molecular complexity index is 217. The summed E-state index contributed by atoms with van der Waals surface area (Å²) in [7, 11) is -0.731. The number of hydrogen-bond acceptors (Lipinski definition) is 5. The van der Waals surface area contributed by atoms with E-state index in [2.05, 4.69) is 12.2 Å². The lowest BCUT2D eigenvalue weighted by molar-refractivity contribution is 0.00400. The highest BCUT2D eigenvalue weighted by atomic mass is 32.2. The highest BCUT2D eigenvalue weighted by Gasteiger charge is 2.03. The zero-order valence-corrected chi connectivity index (χ0v) is 13.0. The molecule has 0 fully saturated rings. The summed E-state index contributed by atoms with van der Waals surface area (Å²) >= 11 is 0. The van der Waals surface area contributed by atoms with Crippen molar-refractivity contribution in [3.63, 3.8) is 0 Å². The van der Waals surface area contributed by atoms with Gasteiger partial charge < -0.3 is 19.9 Å². The van der Waals surface area contributed by atoms with Crippen LogP contribution in [0.2, 0.25) is 0 Å². The van der Waals surface area contributed by atoms with Gasteiger partial charge in [0.1, 0.15) is 0 Å². The molecule has 5 nitrogen and oxygen atoms in total. The van der Waals surface area contributed by atoms with E-state index in [0.29, 0.717) is 32.1 Å². The van der Waals surface area contributed by atoms with Gasteiger partial charge in [-0.3, -0.25) is 4.21 Å². The molecule has 2 unspecified atom stereocenters. The van der Waals surface area contributed by atoms with Gasteiger partial charge in [-0.15, -0.1) is 0 Å². The molecule has 6 heteroatoms. The number of aliphatic hydroxyl groups is 1. The van der Waals surface area contributed by atoms with E-state index in [4.69, 9.17) is 9.47 Å². The Morgan fingerprint density at radius 3 is 2.63 bits per heavy atom. The molecule has 2 atom stereocenters. The van der Waals surface area contributed by atoms with Crippen molar-refractivity contribution in [1.82, 2.24) is 5.32 Å². The van der Waals surface area contributed by atoms with Gasteiger partial charge in [-0.05, 0) is 19.4 Å². The SMILES string of the molecule is CCCCOCCOCC(O)CNCCCS(C)=O. The van der Waals surface area contributed by atoms with Gasteiger partial charge in [-0.2, -0.15) is 0 Å². The van der Waals surface area contributed by atoms with E-state index in [-0.39, 0.29) is 0 Å². The molecule has 0 rings (SSSR count). The minimum atomic E-state index is -0.731. The molecule has 0 amide bonds. The third kappa shape index (κ3) is 15.9. The Morgan fingerprint density at radius 2 is 1.95 bits per heavy atom. The van der Waals surface area contributed by atoms with Crippen LogP contribution in [-0.4, -0.2) is 66.9 Å². The average molecular weight is 295 g/mol. The molecule has 0 aromatic heterocycles. The fraction of sp³-hybridized carbons (Fsp3) is 1.00. The van der Waals surface area contributed by atoms with Crippen molar-refractivity contribution in [2.45, 2.75) is 32.3 Å². The predicted molar refractivity (Wildman–Crippen MR) is 79.0 cm³/mol. The molecule has 2 N–H and O–H groups in total. The zero-order chi connectivity index (χ0) is 14.3. The largest absolute Gasteiger partial charge is 0.389 e. The smallest absolute Gasteiger partial charge is 0.0897 e. The molecule has 0 aliphatic carbocycles.